The fraction of sp³-hybridized carbons (Fsp3) is 0.400. The Bertz CT molecular complexity index is 382. The standard InChI is InChI=1S/2C5H5F3O2.Ni/c2*1-3(9)2-4(10)5(6,7)8;/h2*2,10H,1H3;/b2*4-2-;. The van der Waals surface area contributed by atoms with Crippen molar-refractivity contribution in [3.05, 3.63) is 23.7 Å². The van der Waals surface area contributed by atoms with Gasteiger partial charge in [0.25, 0.3) is 0 Å². The number of alkyl halides is 6. The molecule has 126 valence electrons. The van der Waals surface area contributed by atoms with Crippen LogP contribution in [0, 0.1) is 0 Å². The maximum atomic E-state index is 11.3. The van der Waals surface area contributed by atoms with Gasteiger partial charge in [0.1, 0.15) is 0 Å². The molecule has 0 aliphatic heterocycles. The summed E-state index contributed by atoms with van der Waals surface area (Å²) in [7, 11) is 0. The maximum absolute atomic E-state index is 11.3. The van der Waals surface area contributed by atoms with Crippen molar-refractivity contribution in [2.75, 3.05) is 0 Å². The monoisotopic (exact) mass is 366 g/mol. The average molecular weight is 367 g/mol. The Balaban J connectivity index is -0.000000295. The molecule has 11 heteroatoms. The van der Waals surface area contributed by atoms with Crippen LogP contribution in [-0.2, 0) is 26.1 Å². The molecule has 0 aromatic rings. The molecule has 0 saturated carbocycles. The van der Waals surface area contributed by atoms with Gasteiger partial charge in [-0.3, -0.25) is 9.59 Å². The van der Waals surface area contributed by atoms with E-state index in [9.17, 15) is 35.9 Å². The normalized spacial score (nSPS) is 12.8. The van der Waals surface area contributed by atoms with Crippen LogP contribution in [0.4, 0.5) is 26.3 Å². The van der Waals surface area contributed by atoms with Gasteiger partial charge in [0.05, 0.1) is 0 Å². The second-order valence-corrected chi connectivity index (χ2v) is 3.28. The summed E-state index contributed by atoms with van der Waals surface area (Å²) >= 11 is 0. The predicted molar refractivity (Wildman–Crippen MR) is 54.9 cm³/mol. The summed E-state index contributed by atoms with van der Waals surface area (Å²) in [5, 5.41) is 16.1. The van der Waals surface area contributed by atoms with Crippen molar-refractivity contribution >= 4 is 11.6 Å². The number of allylic oxidation sites excluding steroid dienone is 4. The molecule has 0 unspecified atom stereocenters. The van der Waals surface area contributed by atoms with E-state index in [1.807, 2.05) is 0 Å². The van der Waals surface area contributed by atoms with Gasteiger partial charge in [0.2, 0.25) is 11.5 Å². The molecular formula is C10H10F6NiO4. The molecule has 21 heavy (non-hydrogen) atoms. The molecule has 0 aromatic heterocycles. The van der Waals surface area contributed by atoms with Crippen LogP contribution in [0.3, 0.4) is 0 Å². The Hall–Kier alpha value is -1.51. The maximum Gasteiger partial charge on any atom is 0.448 e. The van der Waals surface area contributed by atoms with E-state index >= 15 is 0 Å². The molecule has 0 aliphatic carbocycles. The fourth-order valence-corrected chi connectivity index (χ4v) is 0.549. The van der Waals surface area contributed by atoms with E-state index in [0.29, 0.717) is 0 Å². The first-order valence-corrected chi connectivity index (χ1v) is 4.64. The zero-order chi connectivity index (χ0) is 16.7. The molecule has 2 N–H and O–H groups in total. The van der Waals surface area contributed by atoms with Crippen molar-refractivity contribution in [2.45, 2.75) is 26.2 Å². The molecule has 0 amide bonds. The van der Waals surface area contributed by atoms with Crippen LogP contribution >= 0.6 is 0 Å². The second-order valence-electron chi connectivity index (χ2n) is 3.28. The minimum absolute atomic E-state index is 0. The number of aliphatic hydroxyl groups excluding tert-OH is 2. The smallest absolute Gasteiger partial charge is 0.448 e. The van der Waals surface area contributed by atoms with Crippen LogP contribution in [-0.4, -0.2) is 34.1 Å². The Labute approximate surface area is 125 Å². The molecule has 0 atom stereocenters. The van der Waals surface area contributed by atoms with Gasteiger partial charge in [-0.15, -0.1) is 0 Å². The molecule has 0 aromatic carbocycles. The minimum Gasteiger partial charge on any atom is -0.504 e. The van der Waals surface area contributed by atoms with Crippen LogP contribution < -0.4 is 0 Å². The fourth-order valence-electron chi connectivity index (χ4n) is 0.549. The van der Waals surface area contributed by atoms with E-state index in [1.165, 1.54) is 0 Å². The zero-order valence-corrected chi connectivity index (χ0v) is 11.4. The van der Waals surface area contributed by atoms with Gasteiger partial charge in [0, 0.05) is 28.6 Å². The minimum atomic E-state index is -4.81. The van der Waals surface area contributed by atoms with E-state index in [0.717, 1.165) is 13.8 Å². The average Bonchev–Trinajstić information content (AvgIpc) is 2.13. The van der Waals surface area contributed by atoms with Gasteiger partial charge in [0.15, 0.2) is 11.6 Å². The molecule has 0 saturated heterocycles. The Morgan fingerprint density at radius 1 is 0.762 bits per heavy atom. The van der Waals surface area contributed by atoms with Crippen LogP contribution in [0.25, 0.3) is 0 Å². The number of hydrogen-bond acceptors (Lipinski definition) is 4. The van der Waals surface area contributed by atoms with Crippen molar-refractivity contribution in [1.82, 2.24) is 0 Å². The molecule has 4 nitrogen and oxygen atoms in total. The van der Waals surface area contributed by atoms with Crippen LogP contribution in [0.2, 0.25) is 0 Å². The van der Waals surface area contributed by atoms with E-state index in [1.54, 1.807) is 0 Å². The molecule has 0 bridgehead atoms. The molecule has 0 aliphatic rings. The molecule has 0 rings (SSSR count). The van der Waals surface area contributed by atoms with Crippen LogP contribution in [0.5, 0.6) is 0 Å². The largest absolute Gasteiger partial charge is 0.504 e. The van der Waals surface area contributed by atoms with Crippen molar-refractivity contribution in [2.24, 2.45) is 0 Å². The summed E-state index contributed by atoms with van der Waals surface area (Å²) in [5.41, 5.74) is 0. The summed E-state index contributed by atoms with van der Waals surface area (Å²) in [5.74, 6) is -5.40. The third-order valence-corrected chi connectivity index (χ3v) is 1.26. The predicted octanol–water partition coefficient (Wildman–Crippen LogP) is 3.16. The first kappa shape index (κ1) is 24.5. The van der Waals surface area contributed by atoms with Gasteiger partial charge in [-0.05, 0) is 13.8 Å². The summed E-state index contributed by atoms with van der Waals surface area (Å²) < 4.78 is 68.0. The third kappa shape index (κ3) is 14.7. The van der Waals surface area contributed by atoms with Crippen LogP contribution in [0.1, 0.15) is 13.8 Å². The summed E-state index contributed by atoms with van der Waals surface area (Å²) in [6, 6.07) is 0. The van der Waals surface area contributed by atoms with Crippen molar-refractivity contribution in [3.63, 3.8) is 0 Å². The Morgan fingerprint density at radius 3 is 1.00 bits per heavy atom. The quantitative estimate of drug-likeness (QED) is 0.341. The number of hydrogen-bond donors (Lipinski definition) is 2. The van der Waals surface area contributed by atoms with E-state index in [4.69, 9.17) is 10.2 Å². The molecule has 0 heterocycles. The SMILES string of the molecule is CC(=O)/C=C(\O)C(F)(F)F.CC(=O)/C=C(\O)C(F)(F)F.[Ni]. The van der Waals surface area contributed by atoms with Crippen molar-refractivity contribution in [3.8, 4) is 0 Å². The van der Waals surface area contributed by atoms with Gasteiger partial charge >= 0.3 is 12.4 Å². The third-order valence-electron chi connectivity index (χ3n) is 1.26. The van der Waals surface area contributed by atoms with Crippen molar-refractivity contribution < 1.29 is 62.6 Å². The van der Waals surface area contributed by atoms with Crippen molar-refractivity contribution in [1.29, 1.82) is 0 Å². The van der Waals surface area contributed by atoms with E-state index < -0.39 is 35.4 Å². The number of halogens is 6. The summed E-state index contributed by atoms with van der Waals surface area (Å²) in [6.07, 6.45) is -9.38. The number of aliphatic hydroxyl groups is 2. The number of ketones is 2. The Morgan fingerprint density at radius 2 is 0.952 bits per heavy atom. The number of rotatable bonds is 2. The molecule has 0 spiro atoms. The first-order chi connectivity index (χ1) is 8.67. The van der Waals surface area contributed by atoms with Crippen LogP contribution in [0.15, 0.2) is 23.7 Å². The first-order valence-electron chi connectivity index (χ1n) is 4.64. The van der Waals surface area contributed by atoms with Gasteiger partial charge in [-0.1, -0.05) is 0 Å². The number of carbonyl (C=O) groups excluding carboxylic acids is 2. The van der Waals surface area contributed by atoms with E-state index in [-0.39, 0.29) is 28.6 Å². The topological polar surface area (TPSA) is 74.6 Å². The zero-order valence-electron chi connectivity index (χ0n) is 10.4. The summed E-state index contributed by atoms with van der Waals surface area (Å²) in [4.78, 5) is 19.9. The molecule has 0 fully saturated rings. The van der Waals surface area contributed by atoms with Gasteiger partial charge in [-0.25, -0.2) is 0 Å². The summed E-state index contributed by atoms with van der Waals surface area (Å²) in [6.45, 7) is 1.84. The number of carbonyl (C=O) groups is 2. The molecular weight excluding hydrogens is 357 g/mol. The second kappa shape index (κ2) is 9.43. The van der Waals surface area contributed by atoms with Gasteiger partial charge < -0.3 is 10.2 Å². The Kier molecular flexibility index (Phi) is 11.0. The van der Waals surface area contributed by atoms with Gasteiger partial charge in [-0.2, -0.15) is 26.3 Å². The molecule has 0 radical (unpaired) electrons. The van der Waals surface area contributed by atoms with E-state index in [2.05, 4.69) is 0 Å².